The van der Waals surface area contributed by atoms with Crippen molar-refractivity contribution in [2.24, 2.45) is 5.92 Å². The van der Waals surface area contributed by atoms with Gasteiger partial charge in [0.2, 0.25) is 5.91 Å². The zero-order valence-electron chi connectivity index (χ0n) is 18.4. The van der Waals surface area contributed by atoms with Crippen molar-refractivity contribution in [3.8, 4) is 6.07 Å². The first-order valence-electron chi connectivity index (χ1n) is 9.92. The predicted octanol–water partition coefficient (Wildman–Crippen LogP) is 5.72. The molecule has 0 N–H and O–H groups in total. The fraction of sp³-hybridized carbons (Fsp3) is 0.391. The second kappa shape index (κ2) is 9.73. The number of likely N-dealkylation sites (N-methyl/N-ethyl adjacent to an activating group) is 1. The smallest absolute Gasteiger partial charge is 0.355 e. The molecule has 178 valence electrons. The van der Waals surface area contributed by atoms with Crippen LogP contribution in [0.4, 0.5) is 32.0 Å². The van der Waals surface area contributed by atoms with Crippen molar-refractivity contribution < 1.29 is 31.1 Å². The first-order valence-corrected chi connectivity index (χ1v) is 9.92. The second-order valence-electron chi connectivity index (χ2n) is 8.04. The van der Waals surface area contributed by atoms with Crippen molar-refractivity contribution in [3.63, 3.8) is 0 Å². The molecule has 0 aliphatic carbocycles. The minimum absolute atomic E-state index is 0.118. The minimum Gasteiger partial charge on any atom is -0.355 e. The van der Waals surface area contributed by atoms with Gasteiger partial charge in [-0.25, -0.2) is 0 Å². The highest BCUT2D eigenvalue weighted by molar-refractivity contribution is 5.85. The zero-order chi connectivity index (χ0) is 25.1. The van der Waals surface area contributed by atoms with E-state index in [1.807, 2.05) is 0 Å². The molecular formula is C23H23F6N3O. The zero-order valence-corrected chi connectivity index (χ0v) is 18.4. The molecule has 0 aromatic heterocycles. The average molecular weight is 471 g/mol. The summed E-state index contributed by atoms with van der Waals surface area (Å²) in [7, 11) is 2.92. The molecular weight excluding hydrogens is 448 g/mol. The van der Waals surface area contributed by atoms with Gasteiger partial charge in [-0.15, -0.1) is 0 Å². The summed E-state index contributed by atoms with van der Waals surface area (Å²) in [5.41, 5.74) is -3.11. The SMILES string of the molecule is CC(C)[C@@H](C(=O)N(C)C)N(Cc1ccccc1C(F)(F)F)c1ccc(C#N)c(C(F)(F)F)c1. The van der Waals surface area contributed by atoms with E-state index in [1.165, 1.54) is 54.2 Å². The topological polar surface area (TPSA) is 47.3 Å². The van der Waals surface area contributed by atoms with Crippen molar-refractivity contribution in [2.75, 3.05) is 19.0 Å². The van der Waals surface area contributed by atoms with Crippen LogP contribution < -0.4 is 4.90 Å². The van der Waals surface area contributed by atoms with Crippen molar-refractivity contribution in [1.29, 1.82) is 5.26 Å². The number of alkyl halides is 6. The lowest BCUT2D eigenvalue weighted by atomic mass is 9.97. The molecule has 0 aliphatic heterocycles. The first-order chi connectivity index (χ1) is 15.2. The van der Waals surface area contributed by atoms with Crippen LogP contribution in [-0.2, 0) is 23.7 Å². The largest absolute Gasteiger partial charge is 0.417 e. The number of amides is 1. The normalized spacial score (nSPS) is 12.9. The molecule has 0 fully saturated rings. The highest BCUT2D eigenvalue weighted by atomic mass is 19.4. The molecule has 0 spiro atoms. The number of rotatable bonds is 6. The van der Waals surface area contributed by atoms with Crippen LogP contribution in [0.2, 0.25) is 0 Å². The summed E-state index contributed by atoms with van der Waals surface area (Å²) < 4.78 is 81.5. The molecule has 0 saturated carbocycles. The molecule has 2 rings (SSSR count). The molecule has 1 amide bonds. The Bertz CT molecular complexity index is 1040. The maximum atomic E-state index is 13.6. The van der Waals surface area contributed by atoms with E-state index in [0.29, 0.717) is 6.07 Å². The average Bonchev–Trinajstić information content (AvgIpc) is 2.71. The number of halogens is 6. The number of hydrogen-bond acceptors (Lipinski definition) is 3. The van der Waals surface area contributed by atoms with Crippen LogP contribution in [0.15, 0.2) is 42.5 Å². The highest BCUT2D eigenvalue weighted by Crippen LogP contribution is 2.37. The van der Waals surface area contributed by atoms with Crippen molar-refractivity contribution in [2.45, 2.75) is 38.8 Å². The molecule has 0 unspecified atom stereocenters. The van der Waals surface area contributed by atoms with E-state index in [1.54, 1.807) is 13.8 Å². The third-order valence-corrected chi connectivity index (χ3v) is 5.09. The number of nitriles is 1. The standard InChI is InChI=1S/C23H23F6N3O/c1-14(2)20(21(33)31(3)4)32(13-16-7-5-6-8-18(16)22(24,25)26)17-10-9-15(12-30)19(11-17)23(27,28)29/h5-11,14,20H,13H2,1-4H3/t20-/m0/s1. The lowest BCUT2D eigenvalue weighted by Gasteiger charge is -2.37. The van der Waals surface area contributed by atoms with Gasteiger partial charge >= 0.3 is 12.4 Å². The summed E-state index contributed by atoms with van der Waals surface area (Å²) >= 11 is 0. The Kier molecular flexibility index (Phi) is 7.68. The number of anilines is 1. The van der Waals surface area contributed by atoms with Gasteiger partial charge in [0, 0.05) is 26.3 Å². The van der Waals surface area contributed by atoms with Crippen LogP contribution in [0.3, 0.4) is 0 Å². The molecule has 0 saturated heterocycles. The summed E-state index contributed by atoms with van der Waals surface area (Å²) in [6.07, 6.45) is -9.56. The Morgan fingerprint density at radius 1 is 0.970 bits per heavy atom. The number of hydrogen-bond donors (Lipinski definition) is 0. The van der Waals surface area contributed by atoms with Gasteiger partial charge in [0.1, 0.15) is 6.04 Å². The number of carbonyl (C=O) groups is 1. The van der Waals surface area contributed by atoms with Gasteiger partial charge in [0.05, 0.1) is 22.8 Å². The van der Waals surface area contributed by atoms with Crippen LogP contribution in [0.5, 0.6) is 0 Å². The summed E-state index contributed by atoms with van der Waals surface area (Å²) in [5.74, 6) is -0.935. The minimum atomic E-state index is -4.87. The molecule has 2 aromatic carbocycles. The number of nitrogens with zero attached hydrogens (tertiary/aromatic N) is 3. The Balaban J connectivity index is 2.75. The Morgan fingerprint density at radius 2 is 1.55 bits per heavy atom. The lowest BCUT2D eigenvalue weighted by molar-refractivity contribution is -0.138. The van der Waals surface area contributed by atoms with E-state index in [9.17, 15) is 31.1 Å². The van der Waals surface area contributed by atoms with Crippen LogP contribution in [0.1, 0.15) is 36.1 Å². The summed E-state index contributed by atoms with van der Waals surface area (Å²) in [5, 5.41) is 9.08. The Labute approximate surface area is 188 Å². The fourth-order valence-corrected chi connectivity index (χ4v) is 3.55. The quantitative estimate of drug-likeness (QED) is 0.507. The van der Waals surface area contributed by atoms with Gasteiger partial charge in [-0.05, 0) is 35.7 Å². The molecule has 0 radical (unpaired) electrons. The van der Waals surface area contributed by atoms with E-state index >= 15 is 0 Å². The third-order valence-electron chi connectivity index (χ3n) is 5.09. The number of benzene rings is 2. The van der Waals surface area contributed by atoms with Gasteiger partial charge in [0.25, 0.3) is 0 Å². The molecule has 0 heterocycles. The van der Waals surface area contributed by atoms with Gasteiger partial charge in [0.15, 0.2) is 0 Å². The van der Waals surface area contributed by atoms with Gasteiger partial charge in [-0.2, -0.15) is 31.6 Å². The molecule has 1 atom stereocenters. The highest BCUT2D eigenvalue weighted by Gasteiger charge is 2.38. The van der Waals surface area contributed by atoms with Crippen LogP contribution in [-0.4, -0.2) is 30.9 Å². The lowest BCUT2D eigenvalue weighted by Crippen LogP contribution is -2.49. The Morgan fingerprint density at radius 3 is 2.03 bits per heavy atom. The molecule has 4 nitrogen and oxygen atoms in total. The molecule has 10 heteroatoms. The van der Waals surface area contributed by atoms with Crippen LogP contribution >= 0.6 is 0 Å². The maximum Gasteiger partial charge on any atom is 0.417 e. The van der Waals surface area contributed by atoms with Crippen molar-refractivity contribution in [1.82, 2.24) is 4.90 Å². The summed E-state index contributed by atoms with van der Waals surface area (Å²) in [6, 6.07) is 7.99. The van der Waals surface area contributed by atoms with Crippen molar-refractivity contribution in [3.05, 3.63) is 64.7 Å². The summed E-state index contributed by atoms with van der Waals surface area (Å²) in [4.78, 5) is 15.4. The molecule has 0 bridgehead atoms. The fourth-order valence-electron chi connectivity index (χ4n) is 3.55. The monoisotopic (exact) mass is 471 g/mol. The number of carbonyl (C=O) groups excluding carboxylic acids is 1. The van der Waals surface area contributed by atoms with E-state index in [0.717, 1.165) is 12.1 Å². The van der Waals surface area contributed by atoms with Gasteiger partial charge in [-0.1, -0.05) is 32.0 Å². The van der Waals surface area contributed by atoms with E-state index in [4.69, 9.17) is 5.26 Å². The molecule has 33 heavy (non-hydrogen) atoms. The predicted molar refractivity (Wildman–Crippen MR) is 111 cm³/mol. The van der Waals surface area contributed by atoms with Crippen LogP contribution in [0.25, 0.3) is 0 Å². The van der Waals surface area contributed by atoms with E-state index in [-0.39, 0.29) is 11.3 Å². The third kappa shape index (κ3) is 5.97. The Hall–Kier alpha value is -3.22. The molecule has 0 aliphatic rings. The second-order valence-corrected chi connectivity index (χ2v) is 8.04. The maximum absolute atomic E-state index is 13.6. The first kappa shape index (κ1) is 26.0. The van der Waals surface area contributed by atoms with Crippen molar-refractivity contribution >= 4 is 11.6 Å². The van der Waals surface area contributed by atoms with Gasteiger partial charge in [-0.3, -0.25) is 4.79 Å². The van der Waals surface area contributed by atoms with E-state index in [2.05, 4.69) is 0 Å². The van der Waals surface area contributed by atoms with E-state index < -0.39 is 53.5 Å². The summed E-state index contributed by atoms with van der Waals surface area (Å²) in [6.45, 7) is 2.84. The van der Waals surface area contributed by atoms with Gasteiger partial charge < -0.3 is 9.80 Å². The molecule has 2 aromatic rings. The van der Waals surface area contributed by atoms with Crippen LogP contribution in [0, 0.1) is 17.2 Å².